The Labute approximate surface area is 125 Å². The average Bonchev–Trinajstić information content (AvgIpc) is 2.85. The van der Waals surface area contributed by atoms with E-state index >= 15 is 0 Å². The van der Waals surface area contributed by atoms with Crippen LogP contribution in [0.15, 0.2) is 48.8 Å². The number of nitrogens with two attached hydrogens (primary N) is 1. The lowest BCUT2D eigenvalue weighted by molar-refractivity contribution is 0.628. The maximum Gasteiger partial charge on any atom is 0.129 e. The van der Waals surface area contributed by atoms with Crippen molar-refractivity contribution in [2.24, 2.45) is 0 Å². The Hall–Kier alpha value is -2.71. The van der Waals surface area contributed by atoms with Gasteiger partial charge in [-0.15, -0.1) is 11.3 Å². The van der Waals surface area contributed by atoms with Gasteiger partial charge < -0.3 is 5.73 Å². The van der Waals surface area contributed by atoms with Crippen LogP contribution in [-0.4, -0.2) is 4.98 Å². The molecule has 0 aliphatic carbocycles. The largest absolute Gasteiger partial charge is 0.396 e. The van der Waals surface area contributed by atoms with Gasteiger partial charge in [0, 0.05) is 28.4 Å². The van der Waals surface area contributed by atoms with Gasteiger partial charge in [-0.2, -0.15) is 5.26 Å². The minimum Gasteiger partial charge on any atom is -0.396 e. The maximum absolute atomic E-state index is 13.5. The number of anilines is 1. The molecule has 2 aromatic heterocycles. The second-order valence-electron chi connectivity index (χ2n) is 4.41. The summed E-state index contributed by atoms with van der Waals surface area (Å²) in [7, 11) is 0. The minimum absolute atomic E-state index is 0.324. The summed E-state index contributed by atoms with van der Waals surface area (Å²) in [6.45, 7) is 0. The first-order valence-corrected chi connectivity index (χ1v) is 7.01. The molecule has 0 amide bonds. The lowest BCUT2D eigenvalue weighted by atomic mass is 10.0. The molecule has 21 heavy (non-hydrogen) atoms. The number of nitrogens with zero attached hydrogens (tertiary/aromatic N) is 2. The zero-order valence-corrected chi connectivity index (χ0v) is 11.7. The molecule has 2 heterocycles. The first kappa shape index (κ1) is 13.3. The van der Waals surface area contributed by atoms with Crippen LogP contribution in [0.5, 0.6) is 0 Å². The smallest absolute Gasteiger partial charge is 0.129 e. The second kappa shape index (κ2) is 5.35. The highest BCUT2D eigenvalue weighted by molar-refractivity contribution is 7.17. The third-order valence-corrected chi connectivity index (χ3v) is 4.24. The van der Waals surface area contributed by atoms with E-state index in [0.29, 0.717) is 16.1 Å². The quantitative estimate of drug-likeness (QED) is 0.775. The molecule has 0 radical (unpaired) electrons. The van der Waals surface area contributed by atoms with Crippen LogP contribution >= 0.6 is 11.3 Å². The number of hydrogen-bond donors (Lipinski definition) is 1. The molecule has 0 unspecified atom stereocenters. The van der Waals surface area contributed by atoms with Gasteiger partial charge in [0.15, 0.2) is 0 Å². The third-order valence-electron chi connectivity index (χ3n) is 3.08. The summed E-state index contributed by atoms with van der Waals surface area (Å²) in [5.41, 5.74) is 8.75. The van der Waals surface area contributed by atoms with Crippen molar-refractivity contribution >= 4 is 17.0 Å². The molecule has 0 saturated heterocycles. The highest BCUT2D eigenvalue weighted by atomic mass is 32.1. The molecule has 0 bridgehead atoms. The summed E-state index contributed by atoms with van der Waals surface area (Å²) in [6, 6.07) is 12.0. The number of rotatable bonds is 2. The summed E-state index contributed by atoms with van der Waals surface area (Å²) in [5, 5.41) is 9.20. The molecular weight excluding hydrogens is 285 g/mol. The van der Waals surface area contributed by atoms with E-state index in [4.69, 9.17) is 5.73 Å². The van der Waals surface area contributed by atoms with Gasteiger partial charge in [-0.3, -0.25) is 4.98 Å². The van der Waals surface area contributed by atoms with E-state index in [9.17, 15) is 9.65 Å². The van der Waals surface area contributed by atoms with Crippen molar-refractivity contribution in [3.8, 4) is 27.6 Å². The van der Waals surface area contributed by atoms with E-state index in [-0.39, 0.29) is 5.82 Å². The second-order valence-corrected chi connectivity index (χ2v) is 5.43. The van der Waals surface area contributed by atoms with E-state index in [1.165, 1.54) is 23.5 Å². The fraction of sp³-hybridized carbons (Fsp3) is 0. The Balaban J connectivity index is 2.29. The van der Waals surface area contributed by atoms with Gasteiger partial charge in [0.1, 0.15) is 16.8 Å². The Morgan fingerprint density at radius 2 is 2.00 bits per heavy atom. The highest BCUT2D eigenvalue weighted by Crippen LogP contribution is 2.44. The van der Waals surface area contributed by atoms with Crippen molar-refractivity contribution in [1.29, 1.82) is 5.26 Å². The van der Waals surface area contributed by atoms with E-state index in [1.54, 1.807) is 30.6 Å². The van der Waals surface area contributed by atoms with Crippen LogP contribution in [-0.2, 0) is 0 Å². The summed E-state index contributed by atoms with van der Waals surface area (Å²) in [4.78, 5) is 5.28. The number of pyridine rings is 1. The lowest BCUT2D eigenvalue weighted by Gasteiger charge is -2.05. The Morgan fingerprint density at radius 3 is 2.67 bits per heavy atom. The standard InChI is InChI=1S/C16H10FN3S/c17-12-5-1-3-10(7-12)16-14(11-4-2-6-20-9-11)15(19)13(8-18)21-16/h1-7,9H,19H2. The summed E-state index contributed by atoms with van der Waals surface area (Å²) >= 11 is 1.26. The molecular formula is C16H10FN3S. The third kappa shape index (κ3) is 2.37. The number of benzene rings is 1. The minimum atomic E-state index is -0.324. The predicted octanol–water partition coefficient (Wildman–Crippen LogP) is 4.07. The molecule has 3 nitrogen and oxygen atoms in total. The molecule has 0 saturated carbocycles. The molecule has 5 heteroatoms. The Morgan fingerprint density at radius 1 is 1.19 bits per heavy atom. The molecule has 2 N–H and O–H groups in total. The van der Waals surface area contributed by atoms with Gasteiger partial charge in [-0.05, 0) is 23.8 Å². The van der Waals surface area contributed by atoms with Crippen molar-refractivity contribution in [1.82, 2.24) is 4.98 Å². The van der Waals surface area contributed by atoms with Crippen LogP contribution in [0.3, 0.4) is 0 Å². The van der Waals surface area contributed by atoms with E-state index < -0.39 is 0 Å². The van der Waals surface area contributed by atoms with Crippen LogP contribution in [0, 0.1) is 17.1 Å². The number of nitriles is 1. The van der Waals surface area contributed by atoms with Crippen molar-refractivity contribution in [2.75, 3.05) is 5.73 Å². The average molecular weight is 295 g/mol. The number of hydrogen-bond acceptors (Lipinski definition) is 4. The fourth-order valence-electron chi connectivity index (χ4n) is 2.16. The van der Waals surface area contributed by atoms with Crippen molar-refractivity contribution < 1.29 is 4.39 Å². The maximum atomic E-state index is 13.5. The van der Waals surface area contributed by atoms with Crippen LogP contribution in [0.25, 0.3) is 21.6 Å². The normalized spacial score (nSPS) is 10.3. The number of thiophene rings is 1. The number of nitrogen functional groups attached to an aromatic ring is 1. The van der Waals surface area contributed by atoms with Gasteiger partial charge in [0.05, 0.1) is 5.69 Å². The molecule has 0 aliphatic rings. The molecule has 102 valence electrons. The molecule has 0 spiro atoms. The van der Waals surface area contributed by atoms with Crippen molar-refractivity contribution in [2.45, 2.75) is 0 Å². The zero-order valence-electron chi connectivity index (χ0n) is 10.9. The SMILES string of the molecule is N#Cc1sc(-c2cccc(F)c2)c(-c2cccnc2)c1N. The lowest BCUT2D eigenvalue weighted by Crippen LogP contribution is -1.90. The van der Waals surface area contributed by atoms with Crippen LogP contribution < -0.4 is 5.73 Å². The molecule has 3 rings (SSSR count). The predicted molar refractivity (Wildman–Crippen MR) is 82.1 cm³/mol. The van der Waals surface area contributed by atoms with Crippen molar-refractivity contribution in [3.63, 3.8) is 0 Å². The molecule has 1 aromatic carbocycles. The first-order chi connectivity index (χ1) is 10.2. The van der Waals surface area contributed by atoms with Gasteiger partial charge in [-0.25, -0.2) is 4.39 Å². The highest BCUT2D eigenvalue weighted by Gasteiger charge is 2.19. The van der Waals surface area contributed by atoms with Gasteiger partial charge in [0.2, 0.25) is 0 Å². The Bertz CT molecular complexity index is 834. The van der Waals surface area contributed by atoms with Crippen LogP contribution in [0.1, 0.15) is 4.88 Å². The van der Waals surface area contributed by atoms with E-state index in [2.05, 4.69) is 11.1 Å². The zero-order chi connectivity index (χ0) is 14.8. The summed E-state index contributed by atoms with van der Waals surface area (Å²) < 4.78 is 13.5. The van der Waals surface area contributed by atoms with Gasteiger partial charge in [-0.1, -0.05) is 18.2 Å². The summed E-state index contributed by atoms with van der Waals surface area (Å²) in [6.07, 6.45) is 3.35. The number of halogens is 1. The molecule has 0 aliphatic heterocycles. The molecule has 0 atom stereocenters. The van der Waals surface area contributed by atoms with Gasteiger partial charge >= 0.3 is 0 Å². The van der Waals surface area contributed by atoms with E-state index in [0.717, 1.165) is 16.0 Å². The summed E-state index contributed by atoms with van der Waals surface area (Å²) in [5.74, 6) is -0.324. The Kier molecular flexibility index (Phi) is 3.38. The molecule has 3 aromatic rings. The molecule has 0 fully saturated rings. The topological polar surface area (TPSA) is 62.7 Å². The monoisotopic (exact) mass is 295 g/mol. The number of aromatic nitrogens is 1. The fourth-order valence-corrected chi connectivity index (χ4v) is 3.19. The van der Waals surface area contributed by atoms with Crippen LogP contribution in [0.4, 0.5) is 10.1 Å². The van der Waals surface area contributed by atoms with E-state index in [1.807, 2.05) is 6.07 Å². The van der Waals surface area contributed by atoms with Crippen LogP contribution in [0.2, 0.25) is 0 Å². The first-order valence-electron chi connectivity index (χ1n) is 6.19. The van der Waals surface area contributed by atoms with Gasteiger partial charge in [0.25, 0.3) is 0 Å². The van der Waals surface area contributed by atoms with Crippen molar-refractivity contribution in [3.05, 3.63) is 59.5 Å².